The van der Waals surface area contributed by atoms with Crippen molar-refractivity contribution < 1.29 is 10.0 Å². The molecule has 96 valence electrons. The second kappa shape index (κ2) is 5.55. The first-order valence-electron chi connectivity index (χ1n) is 5.67. The van der Waals surface area contributed by atoms with Crippen LogP contribution in [-0.4, -0.2) is 34.4 Å². The van der Waals surface area contributed by atoms with Gasteiger partial charge < -0.3 is 15.8 Å². The third-order valence-electron chi connectivity index (χ3n) is 3.06. The Hall–Kier alpha value is -1.31. The average molecular weight is 359 g/mol. The molecule has 0 bridgehead atoms. The number of amides is 1. The van der Waals surface area contributed by atoms with Gasteiger partial charge in [0, 0.05) is 15.7 Å². The molecule has 0 radical (unpaired) electrons. The number of hydrogen-bond acceptors (Lipinski definition) is 3. The van der Waals surface area contributed by atoms with E-state index in [0.717, 1.165) is 16.4 Å². The fourth-order valence-electron chi connectivity index (χ4n) is 2.14. The quantitative estimate of drug-likeness (QED) is 0.277. The minimum atomic E-state index is -0.290. The lowest BCUT2D eigenvalue weighted by molar-refractivity contribution is 0.0768. The van der Waals surface area contributed by atoms with Crippen LogP contribution in [0, 0.1) is 3.57 Å². The van der Waals surface area contributed by atoms with Crippen LogP contribution >= 0.6 is 22.6 Å². The van der Waals surface area contributed by atoms with Gasteiger partial charge in [-0.05, 0) is 59.7 Å². The smallest absolute Gasteiger partial charge is 0.254 e. The monoisotopic (exact) mass is 359 g/mol. The highest BCUT2D eigenvalue weighted by Crippen LogP contribution is 2.20. The molecule has 1 aromatic rings. The predicted molar refractivity (Wildman–Crippen MR) is 76.6 cm³/mol. The molecule has 6 heteroatoms. The highest BCUT2D eigenvalue weighted by molar-refractivity contribution is 14.1. The molecule has 1 fully saturated rings. The predicted octanol–water partition coefficient (Wildman–Crippen LogP) is 1.64. The maximum Gasteiger partial charge on any atom is 0.254 e. The van der Waals surface area contributed by atoms with Crippen LogP contribution in [0.3, 0.4) is 0 Å². The normalized spacial score (nSPS) is 20.2. The summed E-state index contributed by atoms with van der Waals surface area (Å²) >= 11 is 2.19. The highest BCUT2D eigenvalue weighted by Gasteiger charge is 2.32. The minimum Gasteiger partial charge on any atom is -0.409 e. The lowest BCUT2D eigenvalue weighted by Crippen LogP contribution is -2.43. The molecule has 1 aliphatic heterocycles. The maximum atomic E-state index is 12.3. The summed E-state index contributed by atoms with van der Waals surface area (Å²) in [5.41, 5.74) is 6.25. The van der Waals surface area contributed by atoms with Gasteiger partial charge in [0.25, 0.3) is 5.91 Å². The molecule has 1 aromatic carbocycles. The Morgan fingerprint density at radius 2 is 2.11 bits per heavy atom. The van der Waals surface area contributed by atoms with Crippen molar-refractivity contribution in [2.75, 3.05) is 6.54 Å². The SMILES string of the molecule is NC(=NO)C1CCCN1C(=O)c1ccc(I)cc1. The molecule has 0 aromatic heterocycles. The first-order chi connectivity index (χ1) is 8.63. The summed E-state index contributed by atoms with van der Waals surface area (Å²) in [6.07, 6.45) is 1.61. The highest BCUT2D eigenvalue weighted by atomic mass is 127. The summed E-state index contributed by atoms with van der Waals surface area (Å²) < 4.78 is 1.08. The third kappa shape index (κ3) is 2.58. The molecule has 3 N–H and O–H groups in total. The van der Waals surface area contributed by atoms with Crippen molar-refractivity contribution in [3.63, 3.8) is 0 Å². The summed E-state index contributed by atoms with van der Waals surface area (Å²) in [6.45, 7) is 0.645. The van der Waals surface area contributed by atoms with Crippen molar-refractivity contribution >= 4 is 34.3 Å². The third-order valence-corrected chi connectivity index (χ3v) is 3.78. The van der Waals surface area contributed by atoms with Crippen LogP contribution in [0.5, 0.6) is 0 Å². The number of oxime groups is 1. The first kappa shape index (κ1) is 13.1. The van der Waals surface area contributed by atoms with Crippen LogP contribution in [0.1, 0.15) is 23.2 Å². The topological polar surface area (TPSA) is 78.9 Å². The zero-order valence-electron chi connectivity index (χ0n) is 9.71. The van der Waals surface area contributed by atoms with Crippen molar-refractivity contribution in [2.45, 2.75) is 18.9 Å². The number of halogens is 1. The van der Waals surface area contributed by atoms with Crippen molar-refractivity contribution in [1.29, 1.82) is 0 Å². The molecule has 1 heterocycles. The number of rotatable bonds is 2. The maximum absolute atomic E-state index is 12.3. The van der Waals surface area contributed by atoms with E-state index < -0.39 is 0 Å². The van der Waals surface area contributed by atoms with Gasteiger partial charge in [-0.1, -0.05) is 5.16 Å². The number of carbonyl (C=O) groups excluding carboxylic acids is 1. The summed E-state index contributed by atoms with van der Waals surface area (Å²) in [6, 6.07) is 7.09. The Bertz CT molecular complexity index is 473. The molecule has 1 amide bonds. The minimum absolute atomic E-state index is 0.0690. The van der Waals surface area contributed by atoms with Crippen LogP contribution < -0.4 is 5.73 Å². The second-order valence-corrected chi connectivity index (χ2v) is 5.43. The molecule has 0 saturated carbocycles. The Morgan fingerprint density at radius 3 is 2.72 bits per heavy atom. The Kier molecular flexibility index (Phi) is 4.05. The number of benzene rings is 1. The fraction of sp³-hybridized carbons (Fsp3) is 0.333. The Balaban J connectivity index is 2.20. The number of hydrogen-bond donors (Lipinski definition) is 2. The van der Waals surface area contributed by atoms with Crippen LogP contribution in [0.4, 0.5) is 0 Å². The Labute approximate surface area is 119 Å². The number of carbonyl (C=O) groups is 1. The molecular weight excluding hydrogens is 345 g/mol. The van der Waals surface area contributed by atoms with Crippen molar-refractivity contribution in [3.05, 3.63) is 33.4 Å². The molecule has 5 nitrogen and oxygen atoms in total. The zero-order chi connectivity index (χ0) is 13.1. The molecule has 18 heavy (non-hydrogen) atoms. The van der Waals surface area contributed by atoms with E-state index in [1.54, 1.807) is 17.0 Å². The fourth-order valence-corrected chi connectivity index (χ4v) is 2.50. The molecule has 1 saturated heterocycles. The van der Waals surface area contributed by atoms with Crippen LogP contribution in [-0.2, 0) is 0 Å². The second-order valence-electron chi connectivity index (χ2n) is 4.19. The van der Waals surface area contributed by atoms with E-state index in [1.807, 2.05) is 12.1 Å². The van der Waals surface area contributed by atoms with Gasteiger partial charge in [0.1, 0.15) is 0 Å². The zero-order valence-corrected chi connectivity index (χ0v) is 11.9. The van der Waals surface area contributed by atoms with Crippen LogP contribution in [0.15, 0.2) is 29.4 Å². The average Bonchev–Trinajstić information content (AvgIpc) is 2.87. The van der Waals surface area contributed by atoms with Crippen LogP contribution in [0.2, 0.25) is 0 Å². The van der Waals surface area contributed by atoms with Gasteiger partial charge in [-0.2, -0.15) is 0 Å². The van der Waals surface area contributed by atoms with Gasteiger partial charge in [-0.25, -0.2) is 0 Å². The first-order valence-corrected chi connectivity index (χ1v) is 6.75. The van der Waals surface area contributed by atoms with E-state index in [-0.39, 0.29) is 17.8 Å². The van der Waals surface area contributed by atoms with Gasteiger partial charge in [0.05, 0.1) is 6.04 Å². The summed E-state index contributed by atoms with van der Waals surface area (Å²) in [5.74, 6) is 0.0341. The van der Waals surface area contributed by atoms with Crippen LogP contribution in [0.25, 0.3) is 0 Å². The number of nitrogens with two attached hydrogens (primary N) is 1. The molecule has 1 aliphatic rings. The van der Waals surface area contributed by atoms with Gasteiger partial charge in [-0.15, -0.1) is 0 Å². The van der Waals surface area contributed by atoms with Gasteiger partial charge in [0.15, 0.2) is 5.84 Å². The molecular formula is C12H14IN3O2. The van der Waals surface area contributed by atoms with Gasteiger partial charge in [-0.3, -0.25) is 4.79 Å². The lowest BCUT2D eigenvalue weighted by atomic mass is 10.1. The molecule has 0 aliphatic carbocycles. The van der Waals surface area contributed by atoms with E-state index in [9.17, 15) is 4.79 Å². The van der Waals surface area contributed by atoms with Crippen molar-refractivity contribution in [2.24, 2.45) is 10.9 Å². The van der Waals surface area contributed by atoms with E-state index in [4.69, 9.17) is 10.9 Å². The summed E-state index contributed by atoms with van der Waals surface area (Å²) in [4.78, 5) is 14.0. The van der Waals surface area contributed by atoms with E-state index >= 15 is 0 Å². The standard InChI is InChI=1S/C12H14IN3O2/c13-9-5-3-8(4-6-9)12(17)16-7-1-2-10(16)11(14)15-18/h3-6,10,18H,1-2,7H2,(H2,14,15). The molecule has 2 rings (SSSR count). The van der Waals surface area contributed by atoms with Crippen molar-refractivity contribution in [3.8, 4) is 0 Å². The van der Waals surface area contributed by atoms with Gasteiger partial charge >= 0.3 is 0 Å². The van der Waals surface area contributed by atoms with E-state index in [2.05, 4.69) is 27.7 Å². The summed E-state index contributed by atoms with van der Waals surface area (Å²) in [7, 11) is 0. The molecule has 0 spiro atoms. The number of nitrogens with zero attached hydrogens (tertiary/aromatic N) is 2. The van der Waals surface area contributed by atoms with E-state index in [1.165, 1.54) is 0 Å². The Morgan fingerprint density at radius 1 is 1.44 bits per heavy atom. The lowest BCUT2D eigenvalue weighted by Gasteiger charge is -2.23. The summed E-state index contributed by atoms with van der Waals surface area (Å²) in [5, 5.41) is 11.7. The largest absolute Gasteiger partial charge is 0.409 e. The van der Waals surface area contributed by atoms with E-state index in [0.29, 0.717) is 12.1 Å². The van der Waals surface area contributed by atoms with Gasteiger partial charge in [0.2, 0.25) is 0 Å². The molecule has 1 unspecified atom stereocenters. The number of amidine groups is 1. The number of likely N-dealkylation sites (tertiary alicyclic amines) is 1. The van der Waals surface area contributed by atoms with Crippen molar-refractivity contribution in [1.82, 2.24) is 4.90 Å². The molecule has 1 atom stereocenters.